The lowest BCUT2D eigenvalue weighted by Gasteiger charge is -2.22. The van der Waals surface area contributed by atoms with Gasteiger partial charge in [-0.05, 0) is 24.3 Å². The number of rotatable bonds is 5. The van der Waals surface area contributed by atoms with E-state index < -0.39 is 26.7 Å². The molecule has 0 aromatic heterocycles. The Hall–Kier alpha value is -2.42. The van der Waals surface area contributed by atoms with Crippen molar-refractivity contribution >= 4 is 15.7 Å². The molecule has 0 heterocycles. The molecule has 2 aromatic rings. The van der Waals surface area contributed by atoms with Gasteiger partial charge in [-0.15, -0.1) is 0 Å². The van der Waals surface area contributed by atoms with Crippen LogP contribution in [0.15, 0.2) is 47.4 Å². The third kappa shape index (κ3) is 3.65. The lowest BCUT2D eigenvalue weighted by atomic mass is 10.2. The van der Waals surface area contributed by atoms with Crippen LogP contribution in [-0.4, -0.2) is 29.7 Å². The van der Waals surface area contributed by atoms with Crippen LogP contribution in [-0.2, 0) is 16.2 Å². The Morgan fingerprint density at radius 2 is 1.56 bits per heavy atom. The van der Waals surface area contributed by atoms with Crippen molar-refractivity contribution in [2.24, 2.45) is 0 Å². The number of hydrogen-bond acceptors (Lipinski definition) is 4. The number of sulfonamides is 1. The van der Waals surface area contributed by atoms with Crippen LogP contribution < -0.4 is 13.8 Å². The van der Waals surface area contributed by atoms with Crippen molar-refractivity contribution in [2.75, 3.05) is 25.6 Å². The van der Waals surface area contributed by atoms with Crippen molar-refractivity contribution < 1.29 is 31.1 Å². The molecule has 2 rings (SSSR count). The number of anilines is 1. The standard InChI is InChI=1S/C16H16F3NO4S/c1-20(11-8-9-13(23-2)14(10-11)24-3)25(21,22)15-7-5-4-6-12(15)16(17,18)19/h4-10H,1-3H3. The van der Waals surface area contributed by atoms with Gasteiger partial charge in [0.05, 0.1) is 30.4 Å². The maximum absolute atomic E-state index is 13.1. The van der Waals surface area contributed by atoms with Gasteiger partial charge in [0.2, 0.25) is 0 Å². The third-order valence-electron chi connectivity index (χ3n) is 3.56. The van der Waals surface area contributed by atoms with Crippen LogP contribution in [0.3, 0.4) is 0 Å². The second-order valence-electron chi connectivity index (χ2n) is 5.01. The molecule has 0 radical (unpaired) electrons. The number of alkyl halides is 3. The molecule has 0 N–H and O–H groups in total. The summed E-state index contributed by atoms with van der Waals surface area (Å²) in [6.45, 7) is 0. The average molecular weight is 375 g/mol. The van der Waals surface area contributed by atoms with Gasteiger partial charge in [0, 0.05) is 13.1 Å². The molecular weight excluding hydrogens is 359 g/mol. The van der Waals surface area contributed by atoms with Gasteiger partial charge in [-0.1, -0.05) is 12.1 Å². The van der Waals surface area contributed by atoms with Gasteiger partial charge in [0.15, 0.2) is 11.5 Å². The van der Waals surface area contributed by atoms with Crippen LogP contribution in [0.4, 0.5) is 18.9 Å². The molecule has 25 heavy (non-hydrogen) atoms. The predicted octanol–water partition coefficient (Wildman–Crippen LogP) is 3.55. The van der Waals surface area contributed by atoms with Gasteiger partial charge in [-0.25, -0.2) is 8.42 Å². The van der Waals surface area contributed by atoms with Crippen molar-refractivity contribution in [3.05, 3.63) is 48.0 Å². The number of ether oxygens (including phenoxy) is 2. The first-order valence-corrected chi connectivity index (χ1v) is 8.44. The first-order chi connectivity index (χ1) is 11.6. The minimum Gasteiger partial charge on any atom is -0.493 e. The van der Waals surface area contributed by atoms with Crippen molar-refractivity contribution in [2.45, 2.75) is 11.1 Å². The van der Waals surface area contributed by atoms with Crippen LogP contribution in [0.2, 0.25) is 0 Å². The molecule has 136 valence electrons. The summed E-state index contributed by atoms with van der Waals surface area (Å²) in [7, 11) is -0.479. The van der Waals surface area contributed by atoms with Gasteiger partial charge >= 0.3 is 6.18 Å². The summed E-state index contributed by atoms with van der Waals surface area (Å²) in [5, 5.41) is 0. The number of halogens is 3. The zero-order valence-corrected chi connectivity index (χ0v) is 14.5. The summed E-state index contributed by atoms with van der Waals surface area (Å²) < 4.78 is 75.8. The summed E-state index contributed by atoms with van der Waals surface area (Å²) in [5.41, 5.74) is -1.09. The highest BCUT2D eigenvalue weighted by atomic mass is 32.2. The molecule has 0 aliphatic carbocycles. The minimum absolute atomic E-state index is 0.134. The smallest absolute Gasteiger partial charge is 0.417 e. The van der Waals surface area contributed by atoms with Gasteiger partial charge in [0.1, 0.15) is 0 Å². The van der Waals surface area contributed by atoms with Crippen LogP contribution >= 0.6 is 0 Å². The highest BCUT2D eigenvalue weighted by Gasteiger charge is 2.38. The first-order valence-electron chi connectivity index (χ1n) is 7.00. The number of benzene rings is 2. The van der Waals surface area contributed by atoms with Gasteiger partial charge in [0.25, 0.3) is 10.0 Å². The van der Waals surface area contributed by atoms with E-state index in [1.807, 2.05) is 0 Å². The number of hydrogen-bond donors (Lipinski definition) is 0. The molecule has 9 heteroatoms. The molecule has 0 atom stereocenters. The highest BCUT2D eigenvalue weighted by Crippen LogP contribution is 2.37. The second-order valence-corrected chi connectivity index (χ2v) is 6.94. The van der Waals surface area contributed by atoms with Crippen molar-refractivity contribution in [1.82, 2.24) is 0 Å². The first kappa shape index (κ1) is 18.9. The second kappa shape index (κ2) is 6.83. The highest BCUT2D eigenvalue weighted by molar-refractivity contribution is 7.92. The van der Waals surface area contributed by atoms with Gasteiger partial charge in [-0.2, -0.15) is 13.2 Å². The number of nitrogens with zero attached hydrogens (tertiary/aromatic N) is 1. The fraction of sp³-hybridized carbons (Fsp3) is 0.250. The van der Waals surface area contributed by atoms with E-state index in [2.05, 4.69) is 0 Å². The predicted molar refractivity (Wildman–Crippen MR) is 86.6 cm³/mol. The Morgan fingerprint density at radius 1 is 0.960 bits per heavy atom. The third-order valence-corrected chi connectivity index (χ3v) is 5.41. The maximum Gasteiger partial charge on any atom is 0.417 e. The monoisotopic (exact) mass is 375 g/mol. The molecule has 0 aliphatic rings. The molecule has 0 saturated carbocycles. The van der Waals surface area contributed by atoms with Crippen molar-refractivity contribution in [3.63, 3.8) is 0 Å². The molecule has 0 fully saturated rings. The average Bonchev–Trinajstić information content (AvgIpc) is 2.59. The summed E-state index contributed by atoms with van der Waals surface area (Å²) >= 11 is 0. The summed E-state index contributed by atoms with van der Waals surface area (Å²) in [6, 6.07) is 8.28. The van der Waals surface area contributed by atoms with E-state index in [9.17, 15) is 21.6 Å². The van der Waals surface area contributed by atoms with E-state index in [-0.39, 0.29) is 11.4 Å². The summed E-state index contributed by atoms with van der Waals surface area (Å²) in [6.07, 6.45) is -4.79. The molecule has 0 unspecified atom stereocenters. The van der Waals surface area contributed by atoms with Gasteiger partial charge in [-0.3, -0.25) is 4.31 Å². The van der Waals surface area contributed by atoms with Crippen LogP contribution in [0.25, 0.3) is 0 Å². The van der Waals surface area contributed by atoms with Crippen LogP contribution in [0, 0.1) is 0 Å². The Bertz CT molecular complexity index is 866. The van der Waals surface area contributed by atoms with Crippen LogP contribution in [0.1, 0.15) is 5.56 Å². The molecule has 0 bridgehead atoms. The normalized spacial score (nSPS) is 11.9. The fourth-order valence-corrected chi connectivity index (χ4v) is 3.63. The van der Waals surface area contributed by atoms with E-state index in [0.717, 1.165) is 22.5 Å². The fourth-order valence-electron chi connectivity index (χ4n) is 2.23. The summed E-state index contributed by atoms with van der Waals surface area (Å²) in [5.74, 6) is 0.624. The molecular formula is C16H16F3NO4S. The molecule has 0 aliphatic heterocycles. The maximum atomic E-state index is 13.1. The van der Waals surface area contributed by atoms with E-state index in [1.165, 1.54) is 45.5 Å². The zero-order chi connectivity index (χ0) is 18.8. The largest absolute Gasteiger partial charge is 0.493 e. The molecule has 0 saturated heterocycles. The minimum atomic E-state index is -4.79. The SMILES string of the molecule is COc1ccc(N(C)S(=O)(=O)c2ccccc2C(F)(F)F)cc1OC. The Balaban J connectivity index is 2.55. The van der Waals surface area contributed by atoms with E-state index in [0.29, 0.717) is 5.75 Å². The topological polar surface area (TPSA) is 55.8 Å². The van der Waals surface area contributed by atoms with Crippen molar-refractivity contribution in [1.29, 1.82) is 0 Å². The van der Waals surface area contributed by atoms with E-state index in [4.69, 9.17) is 9.47 Å². The number of methoxy groups -OCH3 is 2. The van der Waals surface area contributed by atoms with E-state index >= 15 is 0 Å². The molecule has 0 spiro atoms. The van der Waals surface area contributed by atoms with Crippen LogP contribution in [0.5, 0.6) is 11.5 Å². The van der Waals surface area contributed by atoms with Gasteiger partial charge < -0.3 is 9.47 Å². The quantitative estimate of drug-likeness (QED) is 0.802. The Kier molecular flexibility index (Phi) is 5.17. The summed E-state index contributed by atoms with van der Waals surface area (Å²) in [4.78, 5) is -0.820. The van der Waals surface area contributed by atoms with E-state index in [1.54, 1.807) is 0 Å². The Labute approximate surface area is 143 Å². The molecule has 5 nitrogen and oxygen atoms in total. The Morgan fingerprint density at radius 3 is 2.12 bits per heavy atom. The van der Waals surface area contributed by atoms with Crippen molar-refractivity contribution in [3.8, 4) is 11.5 Å². The molecule has 2 aromatic carbocycles. The lowest BCUT2D eigenvalue weighted by molar-refractivity contribution is -0.139. The molecule has 0 amide bonds. The lowest BCUT2D eigenvalue weighted by Crippen LogP contribution is -2.28. The zero-order valence-electron chi connectivity index (χ0n) is 13.7.